The third kappa shape index (κ3) is 5.98. The van der Waals surface area contributed by atoms with Gasteiger partial charge in [-0.1, -0.05) is 0 Å². The van der Waals surface area contributed by atoms with E-state index in [-0.39, 0.29) is 6.10 Å². The summed E-state index contributed by atoms with van der Waals surface area (Å²) in [6.45, 7) is 18.3. The summed E-state index contributed by atoms with van der Waals surface area (Å²) in [6.07, 6.45) is -0.765. The van der Waals surface area contributed by atoms with Gasteiger partial charge < -0.3 is 28.2 Å². The second kappa shape index (κ2) is 9.71. The maximum absolute atomic E-state index is 14.6. The molecule has 0 N–H and O–H groups in total. The fraction of sp³-hybridized carbons (Fsp3) is 0.680. The smallest absolute Gasteiger partial charge is 0.444 e. The van der Waals surface area contributed by atoms with Gasteiger partial charge in [-0.3, -0.25) is 0 Å². The Morgan fingerprint density at radius 1 is 1.23 bits per heavy atom. The lowest BCUT2D eigenvalue weighted by molar-refractivity contribution is 0.00179. The molecule has 8 nitrogen and oxygen atoms in total. The van der Waals surface area contributed by atoms with Crippen molar-refractivity contribution in [3.05, 3.63) is 23.8 Å². The van der Waals surface area contributed by atoms with Gasteiger partial charge in [-0.15, -0.1) is 0 Å². The van der Waals surface area contributed by atoms with Crippen LogP contribution in [0.4, 0.5) is 9.18 Å². The number of amides is 1. The van der Waals surface area contributed by atoms with Gasteiger partial charge in [-0.05, 0) is 68.4 Å². The molecule has 0 bridgehead atoms. The van der Waals surface area contributed by atoms with E-state index in [1.165, 1.54) is 17.0 Å². The molecule has 1 aliphatic rings. The molecule has 0 radical (unpaired) electrons. The maximum Gasteiger partial charge on any atom is 0.497 e. The average molecular weight is 491 g/mol. The number of fused-ring (bicyclic) bond motifs is 1. The quantitative estimate of drug-likeness (QED) is 0.544. The number of hydrogen-bond donors (Lipinski definition) is 0. The number of likely N-dealkylation sites (N-methyl/N-ethyl adjacent to an activating group) is 1. The summed E-state index contributed by atoms with van der Waals surface area (Å²) >= 11 is 0. The van der Waals surface area contributed by atoms with Crippen LogP contribution in [0.15, 0.2) is 12.1 Å². The highest BCUT2D eigenvalue weighted by atomic mass is 19.1. The van der Waals surface area contributed by atoms with Crippen LogP contribution in [0.5, 0.6) is 0 Å². The lowest BCUT2D eigenvalue weighted by Gasteiger charge is -2.32. The van der Waals surface area contributed by atoms with Crippen LogP contribution in [-0.2, 0) is 25.3 Å². The first-order valence-electron chi connectivity index (χ1n) is 12.1. The van der Waals surface area contributed by atoms with Gasteiger partial charge in [0.05, 0.1) is 41.4 Å². The highest BCUT2D eigenvalue weighted by Crippen LogP contribution is 2.37. The van der Waals surface area contributed by atoms with Crippen LogP contribution in [0.1, 0.15) is 61.2 Å². The van der Waals surface area contributed by atoms with Crippen molar-refractivity contribution in [2.75, 3.05) is 20.2 Å². The molecule has 1 aromatic carbocycles. The number of halogens is 1. The Hall–Kier alpha value is -2.17. The second-order valence-electron chi connectivity index (χ2n) is 11.2. The first-order valence-corrected chi connectivity index (χ1v) is 12.1. The molecule has 1 amide bonds. The molecule has 3 rings (SSSR count). The van der Waals surface area contributed by atoms with Crippen LogP contribution < -0.4 is 5.46 Å². The first-order chi connectivity index (χ1) is 16.0. The molecule has 2 aromatic rings. The predicted octanol–water partition coefficient (Wildman–Crippen LogP) is 4.06. The summed E-state index contributed by atoms with van der Waals surface area (Å²) in [5.74, 6) is 0.297. The van der Waals surface area contributed by atoms with Gasteiger partial charge >= 0.3 is 13.2 Å². The number of nitrogens with zero attached hydrogens (tertiary/aromatic N) is 3. The summed E-state index contributed by atoms with van der Waals surface area (Å²) in [7, 11) is 0.937. The van der Waals surface area contributed by atoms with E-state index in [1.54, 1.807) is 7.05 Å². The molecule has 35 heavy (non-hydrogen) atoms. The summed E-state index contributed by atoms with van der Waals surface area (Å²) < 4.78 is 40.6. The number of imidazole rings is 1. The monoisotopic (exact) mass is 491 g/mol. The minimum atomic E-state index is -0.747. The van der Waals surface area contributed by atoms with E-state index in [1.807, 2.05) is 66.9 Å². The van der Waals surface area contributed by atoms with Crippen LogP contribution in [0.2, 0.25) is 0 Å². The Morgan fingerprint density at radius 2 is 1.83 bits per heavy atom. The second-order valence-corrected chi connectivity index (χ2v) is 11.2. The van der Waals surface area contributed by atoms with E-state index in [0.717, 1.165) is 5.52 Å². The van der Waals surface area contributed by atoms with Crippen molar-refractivity contribution in [2.45, 2.75) is 91.8 Å². The predicted molar refractivity (Wildman–Crippen MR) is 134 cm³/mol. The highest BCUT2D eigenvalue weighted by Gasteiger charge is 2.52. The number of aromatic nitrogens is 2. The Labute approximate surface area is 208 Å². The summed E-state index contributed by atoms with van der Waals surface area (Å²) in [5.41, 5.74) is 0.0937. The Morgan fingerprint density at radius 3 is 2.37 bits per heavy atom. The molecule has 0 aliphatic carbocycles. The largest absolute Gasteiger partial charge is 0.497 e. The molecule has 1 atom stereocenters. The Bertz CT molecular complexity index is 1060. The number of hydrogen-bond acceptors (Lipinski definition) is 6. The average Bonchev–Trinajstić information content (AvgIpc) is 3.11. The SMILES string of the molecule is CCOC(CN(C)C(=O)OC(C)(C)C)Cn1c(C)nc2cc(F)cc(B3OC(C)(C)C(C)(C)O3)c21. The fourth-order valence-corrected chi connectivity index (χ4v) is 4.08. The van der Waals surface area contributed by atoms with Gasteiger partial charge in [0, 0.05) is 25.2 Å². The van der Waals surface area contributed by atoms with Gasteiger partial charge in [-0.2, -0.15) is 0 Å². The molecule has 10 heteroatoms. The van der Waals surface area contributed by atoms with E-state index in [4.69, 9.17) is 18.8 Å². The minimum absolute atomic E-state index is 0.314. The number of benzene rings is 1. The Kier molecular flexibility index (Phi) is 7.61. The third-order valence-corrected chi connectivity index (χ3v) is 6.51. The van der Waals surface area contributed by atoms with E-state index >= 15 is 0 Å². The number of ether oxygens (including phenoxy) is 2. The van der Waals surface area contributed by atoms with E-state index < -0.39 is 35.8 Å². The standard InChI is InChI=1S/C25H39BFN3O5/c1-11-32-18(14-29(10)22(31)33-23(3,4)5)15-30-16(2)28-20-13-17(27)12-19(21(20)30)26-34-24(6,7)25(8,9)35-26/h12-13,18H,11,14-15H2,1-10H3. The van der Waals surface area contributed by atoms with Gasteiger partial charge in [-0.25, -0.2) is 14.2 Å². The van der Waals surface area contributed by atoms with E-state index in [2.05, 4.69) is 4.98 Å². The molecule has 0 saturated carbocycles. The van der Waals surface area contributed by atoms with Crippen molar-refractivity contribution in [3.8, 4) is 0 Å². The molecular formula is C25H39BFN3O5. The number of rotatable bonds is 7. The highest BCUT2D eigenvalue weighted by molar-refractivity contribution is 6.65. The molecule has 0 spiro atoms. The van der Waals surface area contributed by atoms with Crippen LogP contribution in [0.3, 0.4) is 0 Å². The number of carbonyl (C=O) groups excluding carboxylic acids is 1. The van der Waals surface area contributed by atoms with E-state index in [9.17, 15) is 9.18 Å². The van der Waals surface area contributed by atoms with E-state index in [0.29, 0.717) is 36.5 Å². The van der Waals surface area contributed by atoms with Crippen molar-refractivity contribution in [2.24, 2.45) is 0 Å². The molecule has 1 aromatic heterocycles. The zero-order valence-corrected chi connectivity index (χ0v) is 22.7. The van der Waals surface area contributed by atoms with Crippen LogP contribution >= 0.6 is 0 Å². The Balaban J connectivity index is 1.96. The van der Waals surface area contributed by atoms with Crippen LogP contribution in [0.25, 0.3) is 11.0 Å². The molecule has 1 aliphatic heterocycles. The lowest BCUT2D eigenvalue weighted by atomic mass is 9.78. The van der Waals surface area contributed by atoms with Crippen molar-refractivity contribution in [3.63, 3.8) is 0 Å². The van der Waals surface area contributed by atoms with Crippen LogP contribution in [-0.4, -0.2) is 70.8 Å². The lowest BCUT2D eigenvalue weighted by Crippen LogP contribution is -2.41. The van der Waals surface area contributed by atoms with Crippen LogP contribution in [0, 0.1) is 12.7 Å². The molecular weight excluding hydrogens is 452 g/mol. The van der Waals surface area contributed by atoms with Crippen molar-refractivity contribution in [1.82, 2.24) is 14.5 Å². The molecule has 1 saturated heterocycles. The fourth-order valence-electron chi connectivity index (χ4n) is 4.08. The summed E-state index contributed by atoms with van der Waals surface area (Å²) in [6, 6.07) is 2.86. The van der Waals surface area contributed by atoms with Gasteiger partial charge in [0.25, 0.3) is 0 Å². The van der Waals surface area contributed by atoms with Crippen molar-refractivity contribution >= 4 is 29.7 Å². The molecule has 2 heterocycles. The minimum Gasteiger partial charge on any atom is -0.444 e. The summed E-state index contributed by atoms with van der Waals surface area (Å²) in [4.78, 5) is 18.6. The van der Waals surface area contributed by atoms with Gasteiger partial charge in [0.2, 0.25) is 0 Å². The zero-order valence-electron chi connectivity index (χ0n) is 22.7. The topological polar surface area (TPSA) is 75.0 Å². The van der Waals surface area contributed by atoms with Crippen molar-refractivity contribution < 1.29 is 28.0 Å². The number of carbonyl (C=O) groups is 1. The zero-order chi connectivity index (χ0) is 26.3. The summed E-state index contributed by atoms with van der Waals surface area (Å²) in [5, 5.41) is 0. The number of aryl methyl sites for hydroxylation is 1. The van der Waals surface area contributed by atoms with Gasteiger partial charge in [0.1, 0.15) is 17.2 Å². The molecule has 1 unspecified atom stereocenters. The normalized spacial score (nSPS) is 18.2. The maximum atomic E-state index is 14.6. The first kappa shape index (κ1) is 27.4. The third-order valence-electron chi connectivity index (χ3n) is 6.51. The molecule has 1 fully saturated rings. The molecule has 194 valence electrons. The van der Waals surface area contributed by atoms with Crippen molar-refractivity contribution in [1.29, 1.82) is 0 Å². The van der Waals surface area contributed by atoms with Gasteiger partial charge in [0.15, 0.2) is 0 Å².